The molecular formula is C65H71BBr3ClN6O16. The van der Waals surface area contributed by atoms with Crippen LogP contribution in [0.25, 0.3) is 11.3 Å². The van der Waals surface area contributed by atoms with E-state index in [4.69, 9.17) is 97.6 Å². The molecule has 92 heavy (non-hydrogen) atoms. The maximum Gasteiger partial charge on any atom is 0.222 e. The Hall–Kier alpha value is -7.60. The minimum absolute atomic E-state index is 0.0131. The summed E-state index contributed by atoms with van der Waals surface area (Å²) in [4.78, 5) is 18.4. The molecule has 4 heterocycles. The lowest BCUT2D eigenvalue weighted by atomic mass is 9.90. The van der Waals surface area contributed by atoms with Crippen LogP contribution in [-0.4, -0.2) is 149 Å². The van der Waals surface area contributed by atoms with Gasteiger partial charge in [-0.3, -0.25) is 4.79 Å². The van der Waals surface area contributed by atoms with E-state index in [-0.39, 0.29) is 52.0 Å². The second-order valence-electron chi connectivity index (χ2n) is 20.9. The number of rotatable bonds is 14. The predicted molar refractivity (Wildman–Crippen MR) is 353 cm³/mol. The van der Waals surface area contributed by atoms with Gasteiger partial charge in [0, 0.05) is 63.7 Å². The Morgan fingerprint density at radius 1 is 0.543 bits per heavy atom. The summed E-state index contributed by atoms with van der Waals surface area (Å²) in [5.41, 5.74) is 1.48. The Morgan fingerprint density at radius 2 is 0.902 bits per heavy atom. The average Bonchev–Trinajstić information content (AvgIpc) is 0.867. The molecule has 0 bridgehead atoms. The third-order valence-electron chi connectivity index (χ3n) is 13.7. The molecule has 0 amide bonds. The van der Waals surface area contributed by atoms with Gasteiger partial charge in [0.1, 0.15) is 50.4 Å². The zero-order valence-electron chi connectivity index (χ0n) is 52.2. The minimum Gasteiger partial charge on any atom is -0.504 e. The fraction of sp³-hybridized carbons (Fsp3) is 0.400. The lowest BCUT2D eigenvalue weighted by Crippen LogP contribution is -2.44. The molecule has 22 nitrogen and oxygen atoms in total. The molecule has 27 heteroatoms. The topological polar surface area (TPSA) is 320 Å². The highest BCUT2D eigenvalue weighted by atomic mass is 79.9. The zero-order chi connectivity index (χ0) is 68.1. The number of hydrogen-bond donors (Lipinski definition) is 4. The predicted octanol–water partition coefficient (Wildman–Crippen LogP) is 11.6. The van der Waals surface area contributed by atoms with Crippen molar-refractivity contribution in [3.63, 3.8) is 0 Å². The second kappa shape index (κ2) is 38.4. The van der Waals surface area contributed by atoms with Crippen molar-refractivity contribution in [1.29, 1.82) is 21.0 Å². The number of aliphatic hydroxyl groups is 2. The SMILES string of the molecule is CC(C)(O)C(C)(C)O.COc1cc(-c2ccnc(Cl)n2)cc(C#N)c1OC1CCOCC1.COc1cc(Br)cc(C#N)c1O.COc1cc(Br)cc(C#N)c1OC1CCOCC1.COc1cc(Br)cc(C=O)c1O.[B]c1cc(C#N)c(OC2CCOCC2)c(OC)c1. The summed E-state index contributed by atoms with van der Waals surface area (Å²) < 4.78 is 61.5. The largest absolute Gasteiger partial charge is 0.504 e. The summed E-state index contributed by atoms with van der Waals surface area (Å²) in [6.45, 7) is 10.4. The van der Waals surface area contributed by atoms with E-state index in [1.807, 2.05) is 6.07 Å². The minimum atomic E-state index is -1.01. The Morgan fingerprint density at radius 3 is 1.29 bits per heavy atom. The number of nitrogens with zero attached hydrogens (tertiary/aromatic N) is 6. The summed E-state index contributed by atoms with van der Waals surface area (Å²) >= 11 is 15.6. The van der Waals surface area contributed by atoms with E-state index in [1.54, 1.807) is 103 Å². The molecule has 0 unspecified atom stereocenters. The number of aromatic nitrogens is 2. The number of phenolic OH excluding ortho intramolecular Hbond substituents is 2. The van der Waals surface area contributed by atoms with E-state index in [0.29, 0.717) is 129 Å². The highest BCUT2D eigenvalue weighted by molar-refractivity contribution is 9.11. The van der Waals surface area contributed by atoms with Crippen molar-refractivity contribution in [1.82, 2.24) is 9.97 Å². The van der Waals surface area contributed by atoms with Crippen LogP contribution in [0, 0.1) is 45.3 Å². The number of halogens is 4. The van der Waals surface area contributed by atoms with Crippen LogP contribution in [0.15, 0.2) is 86.3 Å². The van der Waals surface area contributed by atoms with Gasteiger partial charge < -0.3 is 72.5 Å². The van der Waals surface area contributed by atoms with Crippen molar-refractivity contribution in [3.05, 3.63) is 119 Å². The van der Waals surface area contributed by atoms with Crippen molar-refractivity contribution in [2.24, 2.45) is 0 Å². The second-order valence-corrected chi connectivity index (χ2v) is 24.0. The average molecular weight is 1480 g/mol. The van der Waals surface area contributed by atoms with Gasteiger partial charge >= 0.3 is 0 Å². The number of nitriles is 4. The molecule has 0 atom stereocenters. The van der Waals surface area contributed by atoms with Crippen LogP contribution in [0.4, 0.5) is 0 Å². The lowest BCUT2D eigenvalue weighted by Gasteiger charge is -2.31. The van der Waals surface area contributed by atoms with Crippen LogP contribution < -0.4 is 43.4 Å². The number of aromatic hydroxyl groups is 2. The standard InChI is InChI=1S/C17H16ClN3O3.C13H14BNO3.C13H14BrNO3.C8H6BrNO2.C8H7BrO3.C6H14O2/c1-22-15-9-11(14-2-5-20-17(18)21-14)8-12(10-19)16(15)24-13-3-6-23-7-4-13;2*1-16-12-7-10(14)6-9(8-15)13(12)18-11-2-4-17-5-3-11;2*1-12-7-3-6(9)2-5(4-10)8(7)11;1-5(2,7)6(3,4)8/h2,5,8-9,13H,3-4,6-7H2,1H3;2*6-7,11H,2-5H2,1H3;2-3,11H,1H3;2-4,11H,1H3;7-8H,1-4H3. The zero-order valence-corrected chi connectivity index (χ0v) is 57.7. The monoisotopic (exact) mass is 1470 g/mol. The van der Waals surface area contributed by atoms with Gasteiger partial charge in [-0.15, -0.1) is 0 Å². The summed E-state index contributed by atoms with van der Waals surface area (Å²) in [6, 6.07) is 26.5. The number of benzene rings is 5. The Labute approximate surface area is 567 Å². The molecule has 0 spiro atoms. The van der Waals surface area contributed by atoms with Crippen LogP contribution in [0.3, 0.4) is 0 Å². The van der Waals surface area contributed by atoms with E-state index < -0.39 is 11.2 Å². The van der Waals surface area contributed by atoms with Gasteiger partial charge in [0.05, 0.1) is 120 Å². The molecule has 0 saturated carbocycles. The van der Waals surface area contributed by atoms with Crippen LogP contribution in [0.1, 0.15) is 98.8 Å². The summed E-state index contributed by atoms with van der Waals surface area (Å²) in [6.07, 6.45) is 7.18. The highest BCUT2D eigenvalue weighted by Gasteiger charge is 2.32. The van der Waals surface area contributed by atoms with Crippen molar-refractivity contribution in [2.45, 2.75) is 95.7 Å². The number of methoxy groups -OCH3 is 5. The summed E-state index contributed by atoms with van der Waals surface area (Å²) in [7, 11) is 13.2. The smallest absolute Gasteiger partial charge is 0.222 e. The number of phenols is 2. The summed E-state index contributed by atoms with van der Waals surface area (Å²) in [5.74, 6) is 3.34. The van der Waals surface area contributed by atoms with Crippen LogP contribution in [-0.2, 0) is 14.2 Å². The highest BCUT2D eigenvalue weighted by Crippen LogP contribution is 2.40. The van der Waals surface area contributed by atoms with Crippen molar-refractivity contribution >= 4 is 79.0 Å². The number of ether oxygens (including phenoxy) is 11. The molecule has 6 aromatic rings. The van der Waals surface area contributed by atoms with E-state index in [9.17, 15) is 20.3 Å². The van der Waals surface area contributed by atoms with Gasteiger partial charge in [0.25, 0.3) is 0 Å². The van der Waals surface area contributed by atoms with Crippen LogP contribution in [0.5, 0.6) is 57.5 Å². The van der Waals surface area contributed by atoms with Gasteiger partial charge in [-0.2, -0.15) is 21.0 Å². The molecule has 1 aromatic heterocycles. The first-order chi connectivity index (χ1) is 43.8. The fourth-order valence-corrected chi connectivity index (χ4v) is 9.52. The molecule has 488 valence electrons. The normalized spacial score (nSPS) is 13.8. The molecule has 3 saturated heterocycles. The first-order valence-corrected chi connectivity index (χ1v) is 31.0. The van der Waals surface area contributed by atoms with Crippen molar-refractivity contribution < 1.29 is 77.3 Å². The van der Waals surface area contributed by atoms with Crippen LogP contribution >= 0.6 is 59.4 Å². The van der Waals surface area contributed by atoms with E-state index in [1.165, 1.54) is 33.5 Å². The van der Waals surface area contributed by atoms with Crippen molar-refractivity contribution in [3.8, 4) is 93.0 Å². The Kier molecular flexibility index (Phi) is 32.1. The molecule has 9 rings (SSSR count). The third kappa shape index (κ3) is 23.8. The Bertz CT molecular complexity index is 3470. The lowest BCUT2D eigenvalue weighted by molar-refractivity contribution is -0.107. The molecule has 4 N–H and O–H groups in total. The number of aldehydes is 1. The Balaban J connectivity index is 0.000000243. The van der Waals surface area contributed by atoms with E-state index in [2.05, 4.69) is 76.0 Å². The summed E-state index contributed by atoms with van der Waals surface area (Å²) in [5, 5.41) is 73.4. The van der Waals surface area contributed by atoms with E-state index >= 15 is 0 Å². The molecule has 3 fully saturated rings. The maximum absolute atomic E-state index is 10.4. The molecule has 0 aliphatic carbocycles. The quantitative estimate of drug-likeness (QED) is 0.0447. The van der Waals surface area contributed by atoms with E-state index in [0.717, 1.165) is 43.0 Å². The fourth-order valence-electron chi connectivity index (χ4n) is 8.04. The van der Waals surface area contributed by atoms with Crippen LogP contribution in [0.2, 0.25) is 5.28 Å². The van der Waals surface area contributed by atoms with Gasteiger partial charge in [-0.1, -0.05) is 53.3 Å². The number of hydrogen-bond acceptors (Lipinski definition) is 22. The third-order valence-corrected chi connectivity index (χ3v) is 15.3. The first-order valence-electron chi connectivity index (χ1n) is 28.2. The molecular weight excluding hydrogens is 1410 g/mol. The maximum atomic E-state index is 10.4. The first kappa shape index (κ1) is 76.9. The molecule has 3 aliphatic rings. The number of carbonyl (C=O) groups is 1. The molecule has 5 aromatic carbocycles. The molecule has 2 radical (unpaired) electrons. The van der Waals surface area contributed by atoms with Gasteiger partial charge in [0.2, 0.25) is 5.28 Å². The van der Waals surface area contributed by atoms with Gasteiger partial charge in [-0.05, 0) is 106 Å². The van der Waals surface area contributed by atoms with Gasteiger partial charge in [0.15, 0.2) is 63.8 Å². The molecule has 3 aliphatic heterocycles. The van der Waals surface area contributed by atoms with Crippen molar-refractivity contribution in [2.75, 3.05) is 75.2 Å². The van der Waals surface area contributed by atoms with Gasteiger partial charge in [-0.25, -0.2) is 9.97 Å². The number of carbonyl (C=O) groups excluding carboxylic acids is 1.